The molecule has 1 saturated carbocycles. The fourth-order valence-electron chi connectivity index (χ4n) is 3.63. The predicted octanol–water partition coefficient (Wildman–Crippen LogP) is 1.96. The second-order valence-corrected chi connectivity index (χ2v) is 7.04. The lowest BCUT2D eigenvalue weighted by Gasteiger charge is -2.25. The highest BCUT2D eigenvalue weighted by molar-refractivity contribution is 5.44. The second-order valence-electron chi connectivity index (χ2n) is 7.04. The summed E-state index contributed by atoms with van der Waals surface area (Å²) < 4.78 is 0. The Kier molecular flexibility index (Phi) is 7.15. The van der Waals surface area contributed by atoms with Crippen LogP contribution in [0.25, 0.3) is 0 Å². The van der Waals surface area contributed by atoms with Crippen LogP contribution in [0.15, 0.2) is 24.5 Å². The maximum atomic E-state index is 5.95. The van der Waals surface area contributed by atoms with E-state index in [1.54, 1.807) is 18.5 Å². The number of nitrogens with zero attached hydrogens (tertiary/aromatic N) is 5. The van der Waals surface area contributed by atoms with Crippen molar-refractivity contribution >= 4 is 17.7 Å². The summed E-state index contributed by atoms with van der Waals surface area (Å²) in [6.07, 6.45) is 10.8. The number of nitrogen functional groups attached to an aromatic ring is 2. The maximum Gasteiger partial charge on any atom is 0.222 e. The maximum absolute atomic E-state index is 5.95. The number of hydrogen-bond donors (Lipinski definition) is 3. The Balaban J connectivity index is 0.000000253. The highest BCUT2D eigenvalue weighted by Gasteiger charge is 2.20. The molecule has 2 aromatic heterocycles. The van der Waals surface area contributed by atoms with Gasteiger partial charge in [-0.2, -0.15) is 4.98 Å². The third-order valence-electron chi connectivity index (χ3n) is 5.02. The fraction of sp³-hybridized carbons (Fsp3) is 0.579. The molecule has 0 aromatic carbocycles. The minimum Gasteiger partial charge on any atom is -0.368 e. The summed E-state index contributed by atoms with van der Waals surface area (Å²) >= 11 is 0. The average Bonchev–Trinajstić information content (AvgIpc) is 2.99. The first-order valence-corrected chi connectivity index (χ1v) is 9.85. The molecule has 146 valence electrons. The van der Waals surface area contributed by atoms with Crippen LogP contribution in [0.1, 0.15) is 50.1 Å². The van der Waals surface area contributed by atoms with Gasteiger partial charge in [-0.3, -0.25) is 0 Å². The first kappa shape index (κ1) is 19.3. The molecule has 0 radical (unpaired) electrons. The van der Waals surface area contributed by atoms with Crippen molar-refractivity contribution < 1.29 is 0 Å². The summed E-state index contributed by atoms with van der Waals surface area (Å²) in [5.41, 5.74) is 12.2. The molecule has 0 spiro atoms. The van der Waals surface area contributed by atoms with Gasteiger partial charge in [-0.1, -0.05) is 19.3 Å². The summed E-state index contributed by atoms with van der Waals surface area (Å²) in [5, 5.41) is 3.42. The summed E-state index contributed by atoms with van der Waals surface area (Å²) in [6.45, 7) is 4.16. The zero-order valence-corrected chi connectivity index (χ0v) is 15.8. The van der Waals surface area contributed by atoms with Gasteiger partial charge >= 0.3 is 0 Å². The number of rotatable bonds is 2. The molecular formula is C19H30N8. The normalized spacial score (nSPS) is 18.3. The van der Waals surface area contributed by atoms with Crippen LogP contribution in [-0.2, 0) is 0 Å². The van der Waals surface area contributed by atoms with Crippen LogP contribution >= 0.6 is 0 Å². The lowest BCUT2D eigenvalue weighted by Crippen LogP contribution is -2.29. The molecule has 2 aliphatic rings. The smallest absolute Gasteiger partial charge is 0.222 e. The highest BCUT2D eigenvalue weighted by atomic mass is 15.2. The van der Waals surface area contributed by atoms with Crippen LogP contribution < -0.4 is 21.7 Å². The molecule has 0 unspecified atom stereocenters. The zero-order chi connectivity index (χ0) is 18.9. The van der Waals surface area contributed by atoms with E-state index >= 15 is 0 Å². The van der Waals surface area contributed by atoms with Gasteiger partial charge < -0.3 is 21.7 Å². The van der Waals surface area contributed by atoms with Crippen LogP contribution in [0.4, 0.5) is 17.7 Å². The molecule has 27 heavy (non-hydrogen) atoms. The number of anilines is 3. The average molecular weight is 371 g/mol. The Labute approximate surface area is 160 Å². The van der Waals surface area contributed by atoms with Gasteiger partial charge in [0.25, 0.3) is 0 Å². The Morgan fingerprint density at radius 1 is 0.889 bits per heavy atom. The van der Waals surface area contributed by atoms with Gasteiger partial charge in [0.15, 0.2) is 0 Å². The van der Waals surface area contributed by atoms with Gasteiger partial charge in [0.1, 0.15) is 5.82 Å². The van der Waals surface area contributed by atoms with E-state index in [9.17, 15) is 0 Å². The number of hydrogen-bond acceptors (Lipinski definition) is 8. The molecule has 8 nitrogen and oxygen atoms in total. The highest BCUT2D eigenvalue weighted by Crippen LogP contribution is 2.33. The number of nitrogens with one attached hydrogen (secondary N) is 1. The Bertz CT molecular complexity index is 679. The first-order chi connectivity index (χ1) is 13.2. The van der Waals surface area contributed by atoms with Crippen molar-refractivity contribution in [3.63, 3.8) is 0 Å². The molecule has 0 atom stereocenters. The minimum atomic E-state index is 0.322. The lowest BCUT2D eigenvalue weighted by molar-refractivity contribution is 0.436. The monoisotopic (exact) mass is 370 g/mol. The van der Waals surface area contributed by atoms with Crippen LogP contribution in [0.2, 0.25) is 0 Å². The van der Waals surface area contributed by atoms with Gasteiger partial charge in [0, 0.05) is 44.0 Å². The van der Waals surface area contributed by atoms with Crippen molar-refractivity contribution in [2.45, 2.75) is 44.4 Å². The van der Waals surface area contributed by atoms with Crippen molar-refractivity contribution in [3.05, 3.63) is 30.2 Å². The molecule has 5 N–H and O–H groups in total. The largest absolute Gasteiger partial charge is 0.368 e. The van der Waals surface area contributed by atoms with Crippen molar-refractivity contribution in [3.8, 4) is 0 Å². The summed E-state index contributed by atoms with van der Waals surface area (Å²) in [5.74, 6) is 2.35. The van der Waals surface area contributed by atoms with E-state index in [2.05, 4.69) is 36.2 Å². The molecule has 1 aliphatic carbocycles. The zero-order valence-electron chi connectivity index (χ0n) is 15.8. The molecule has 4 rings (SSSR count). The van der Waals surface area contributed by atoms with Crippen molar-refractivity contribution in [2.24, 2.45) is 0 Å². The standard InChI is InChI=1S/C15H25N5.C4H5N3/c16-15-18-13(12-5-2-1-3-6-12)11-14(19-15)20-9-4-7-17-8-10-20;5-4-6-2-1-3-7-4/h11-12,17H,1-10H2,(H2,16,18,19);1-3H,(H2,5,6,7). The first-order valence-electron chi connectivity index (χ1n) is 9.85. The van der Waals surface area contributed by atoms with E-state index in [1.165, 1.54) is 32.1 Å². The van der Waals surface area contributed by atoms with Crippen LogP contribution in [0, 0.1) is 0 Å². The SMILES string of the molecule is Nc1nc(C2CCCCC2)cc(N2CCCNCC2)n1.Nc1ncccn1. The van der Waals surface area contributed by atoms with E-state index in [4.69, 9.17) is 11.5 Å². The quantitative estimate of drug-likeness (QED) is 0.734. The molecule has 0 bridgehead atoms. The molecule has 1 saturated heterocycles. The van der Waals surface area contributed by atoms with Crippen LogP contribution in [0.3, 0.4) is 0 Å². The van der Waals surface area contributed by atoms with Crippen LogP contribution in [0.5, 0.6) is 0 Å². The van der Waals surface area contributed by atoms with E-state index < -0.39 is 0 Å². The third kappa shape index (κ3) is 6.02. The van der Waals surface area contributed by atoms with Crippen molar-refractivity contribution in [2.75, 3.05) is 42.5 Å². The van der Waals surface area contributed by atoms with Crippen molar-refractivity contribution in [1.82, 2.24) is 25.3 Å². The minimum absolute atomic E-state index is 0.322. The summed E-state index contributed by atoms with van der Waals surface area (Å²) in [7, 11) is 0. The second kappa shape index (κ2) is 10.0. The molecular weight excluding hydrogens is 340 g/mol. The van der Waals surface area contributed by atoms with Crippen molar-refractivity contribution in [1.29, 1.82) is 0 Å². The van der Waals surface area contributed by atoms with Gasteiger partial charge in [-0.25, -0.2) is 15.0 Å². The van der Waals surface area contributed by atoms with E-state index in [1.807, 2.05) is 0 Å². The molecule has 3 heterocycles. The molecule has 1 aliphatic heterocycles. The van der Waals surface area contributed by atoms with Gasteiger partial charge in [-0.15, -0.1) is 0 Å². The predicted molar refractivity (Wildman–Crippen MR) is 108 cm³/mol. The van der Waals surface area contributed by atoms with Gasteiger partial charge in [0.05, 0.1) is 5.69 Å². The molecule has 8 heteroatoms. The summed E-state index contributed by atoms with van der Waals surface area (Å²) in [4.78, 5) is 18.6. The lowest BCUT2D eigenvalue weighted by atomic mass is 9.87. The Hall–Kier alpha value is -2.48. The van der Waals surface area contributed by atoms with E-state index in [-0.39, 0.29) is 0 Å². The Morgan fingerprint density at radius 3 is 2.37 bits per heavy atom. The third-order valence-corrected chi connectivity index (χ3v) is 5.02. The molecule has 2 fully saturated rings. The van der Waals surface area contributed by atoms with E-state index in [0.717, 1.165) is 44.1 Å². The number of nitrogens with two attached hydrogens (primary N) is 2. The van der Waals surface area contributed by atoms with Gasteiger partial charge in [-0.05, 0) is 31.9 Å². The molecule has 2 aromatic rings. The Morgan fingerprint density at radius 2 is 1.67 bits per heavy atom. The van der Waals surface area contributed by atoms with Gasteiger partial charge in [0.2, 0.25) is 11.9 Å². The van der Waals surface area contributed by atoms with E-state index in [0.29, 0.717) is 17.8 Å². The number of aromatic nitrogens is 4. The fourth-order valence-corrected chi connectivity index (χ4v) is 3.63. The molecule has 0 amide bonds. The topological polar surface area (TPSA) is 119 Å². The van der Waals surface area contributed by atoms with Crippen LogP contribution in [-0.4, -0.2) is 46.1 Å². The summed E-state index contributed by atoms with van der Waals surface area (Å²) in [6, 6.07) is 3.90.